The standard InChI is InChI=1S/C19H32O/c1-2-3-4-5-8-11-18-13-15-19(16-14-18)12-9-6-7-10-17-20/h13-16,20H,2-12,17H2,1H3. The van der Waals surface area contributed by atoms with E-state index in [-0.39, 0.29) is 0 Å². The first-order chi connectivity index (χ1) is 9.86. The van der Waals surface area contributed by atoms with Crippen molar-refractivity contribution in [2.24, 2.45) is 0 Å². The summed E-state index contributed by atoms with van der Waals surface area (Å²) in [5, 5.41) is 8.73. The van der Waals surface area contributed by atoms with Crippen LogP contribution < -0.4 is 0 Å². The largest absolute Gasteiger partial charge is 0.396 e. The molecule has 0 atom stereocenters. The van der Waals surface area contributed by atoms with Gasteiger partial charge in [0.25, 0.3) is 0 Å². The zero-order valence-electron chi connectivity index (χ0n) is 13.2. The summed E-state index contributed by atoms with van der Waals surface area (Å²) in [5.74, 6) is 0. The summed E-state index contributed by atoms with van der Waals surface area (Å²) in [4.78, 5) is 0. The van der Waals surface area contributed by atoms with Crippen molar-refractivity contribution in [3.05, 3.63) is 35.4 Å². The first-order valence-corrected chi connectivity index (χ1v) is 8.55. The summed E-state index contributed by atoms with van der Waals surface area (Å²) < 4.78 is 0. The molecule has 0 unspecified atom stereocenters. The number of rotatable bonds is 12. The van der Waals surface area contributed by atoms with Gasteiger partial charge in [-0.05, 0) is 43.2 Å². The van der Waals surface area contributed by atoms with E-state index < -0.39 is 0 Å². The molecule has 0 aromatic heterocycles. The van der Waals surface area contributed by atoms with Crippen LogP contribution in [0.1, 0.15) is 75.8 Å². The van der Waals surface area contributed by atoms with E-state index in [1.165, 1.54) is 68.9 Å². The number of benzene rings is 1. The molecule has 0 radical (unpaired) electrons. The maximum atomic E-state index is 8.73. The van der Waals surface area contributed by atoms with Gasteiger partial charge in [0.05, 0.1) is 0 Å². The predicted octanol–water partition coefficient (Wildman–Crippen LogP) is 5.29. The molecule has 1 nitrogen and oxygen atoms in total. The molecule has 1 N–H and O–H groups in total. The first-order valence-electron chi connectivity index (χ1n) is 8.55. The van der Waals surface area contributed by atoms with Crippen molar-refractivity contribution >= 4 is 0 Å². The molecule has 0 aliphatic rings. The smallest absolute Gasteiger partial charge is 0.0431 e. The fourth-order valence-electron chi connectivity index (χ4n) is 2.60. The lowest BCUT2D eigenvalue weighted by Crippen LogP contribution is -1.90. The molecule has 1 heteroatoms. The molecule has 0 aliphatic carbocycles. The normalized spacial score (nSPS) is 10.9. The highest BCUT2D eigenvalue weighted by atomic mass is 16.2. The lowest BCUT2D eigenvalue weighted by atomic mass is 10.0. The third-order valence-corrected chi connectivity index (χ3v) is 3.97. The molecule has 1 aromatic rings. The topological polar surface area (TPSA) is 20.2 Å². The van der Waals surface area contributed by atoms with Gasteiger partial charge in [0.15, 0.2) is 0 Å². The first kappa shape index (κ1) is 17.2. The minimum Gasteiger partial charge on any atom is -0.396 e. The van der Waals surface area contributed by atoms with Gasteiger partial charge in [-0.3, -0.25) is 0 Å². The minimum absolute atomic E-state index is 0.340. The van der Waals surface area contributed by atoms with E-state index in [1.54, 1.807) is 0 Å². The van der Waals surface area contributed by atoms with Crippen LogP contribution >= 0.6 is 0 Å². The third-order valence-electron chi connectivity index (χ3n) is 3.97. The second-order valence-corrected chi connectivity index (χ2v) is 5.87. The fraction of sp³-hybridized carbons (Fsp3) is 0.684. The molecule has 0 saturated heterocycles. The maximum absolute atomic E-state index is 8.73. The highest BCUT2D eigenvalue weighted by Crippen LogP contribution is 2.12. The molecule has 1 aromatic carbocycles. The third kappa shape index (κ3) is 8.37. The van der Waals surface area contributed by atoms with Crippen LogP contribution in [0, 0.1) is 0 Å². The van der Waals surface area contributed by atoms with Crippen molar-refractivity contribution in [1.82, 2.24) is 0 Å². The second kappa shape index (κ2) is 12.0. The zero-order chi connectivity index (χ0) is 14.5. The Bertz CT molecular complexity index is 282. The Balaban J connectivity index is 2.13. The van der Waals surface area contributed by atoms with Crippen LogP contribution in [0.5, 0.6) is 0 Å². The number of hydrogen-bond donors (Lipinski definition) is 1. The summed E-state index contributed by atoms with van der Waals surface area (Å²) in [6, 6.07) is 9.21. The van der Waals surface area contributed by atoms with Gasteiger partial charge in [0, 0.05) is 6.61 Å². The molecule has 0 saturated carbocycles. The van der Waals surface area contributed by atoms with Crippen molar-refractivity contribution in [1.29, 1.82) is 0 Å². The van der Waals surface area contributed by atoms with E-state index in [2.05, 4.69) is 31.2 Å². The monoisotopic (exact) mass is 276 g/mol. The molecule has 0 spiro atoms. The van der Waals surface area contributed by atoms with Gasteiger partial charge in [0.1, 0.15) is 0 Å². The van der Waals surface area contributed by atoms with Gasteiger partial charge in [-0.2, -0.15) is 0 Å². The summed E-state index contributed by atoms with van der Waals surface area (Å²) in [7, 11) is 0. The molecule has 1 rings (SSSR count). The molecule has 0 aliphatic heterocycles. The van der Waals surface area contributed by atoms with Crippen molar-refractivity contribution in [3.8, 4) is 0 Å². The SMILES string of the molecule is CCCCCCCc1ccc(CCCCCCO)cc1. The number of aliphatic hydroxyl groups is 1. The van der Waals surface area contributed by atoms with E-state index in [0.717, 1.165) is 12.8 Å². The summed E-state index contributed by atoms with van der Waals surface area (Å²) in [6.07, 6.45) is 13.8. The average Bonchev–Trinajstić information content (AvgIpc) is 2.48. The van der Waals surface area contributed by atoms with Crippen LogP contribution in [-0.4, -0.2) is 11.7 Å². The lowest BCUT2D eigenvalue weighted by molar-refractivity contribution is 0.282. The molecule has 0 amide bonds. The van der Waals surface area contributed by atoms with Crippen LogP contribution in [0.15, 0.2) is 24.3 Å². The van der Waals surface area contributed by atoms with Crippen molar-refractivity contribution in [3.63, 3.8) is 0 Å². The van der Waals surface area contributed by atoms with E-state index in [1.807, 2.05) is 0 Å². The van der Waals surface area contributed by atoms with Crippen LogP contribution in [0.3, 0.4) is 0 Å². The lowest BCUT2D eigenvalue weighted by Gasteiger charge is -2.05. The van der Waals surface area contributed by atoms with Gasteiger partial charge >= 0.3 is 0 Å². The molecule has 0 fully saturated rings. The highest BCUT2D eigenvalue weighted by molar-refractivity contribution is 5.22. The molecular weight excluding hydrogens is 244 g/mol. The van der Waals surface area contributed by atoms with E-state index in [9.17, 15) is 0 Å². The van der Waals surface area contributed by atoms with Crippen LogP contribution in [0.25, 0.3) is 0 Å². The van der Waals surface area contributed by atoms with Gasteiger partial charge in [0.2, 0.25) is 0 Å². The Kier molecular flexibility index (Phi) is 10.3. The number of hydrogen-bond acceptors (Lipinski definition) is 1. The van der Waals surface area contributed by atoms with Crippen molar-refractivity contribution < 1.29 is 5.11 Å². The zero-order valence-corrected chi connectivity index (χ0v) is 13.2. The molecule has 20 heavy (non-hydrogen) atoms. The molecule has 114 valence electrons. The van der Waals surface area contributed by atoms with Crippen LogP contribution in [0.2, 0.25) is 0 Å². The quantitative estimate of drug-likeness (QED) is 0.514. The van der Waals surface area contributed by atoms with Crippen LogP contribution in [-0.2, 0) is 12.8 Å². The summed E-state index contributed by atoms with van der Waals surface area (Å²) in [6.45, 7) is 2.61. The van der Waals surface area contributed by atoms with Gasteiger partial charge in [-0.1, -0.05) is 69.7 Å². The predicted molar refractivity (Wildman–Crippen MR) is 88.2 cm³/mol. The minimum atomic E-state index is 0.340. The number of aliphatic hydroxyl groups excluding tert-OH is 1. The van der Waals surface area contributed by atoms with E-state index in [4.69, 9.17) is 5.11 Å². The summed E-state index contributed by atoms with van der Waals surface area (Å²) >= 11 is 0. The number of aryl methyl sites for hydroxylation is 2. The molecule has 0 bridgehead atoms. The van der Waals surface area contributed by atoms with Gasteiger partial charge < -0.3 is 5.11 Å². The molecule has 0 heterocycles. The van der Waals surface area contributed by atoms with Crippen molar-refractivity contribution in [2.45, 2.75) is 77.6 Å². The summed E-state index contributed by atoms with van der Waals surface area (Å²) in [5.41, 5.74) is 2.95. The van der Waals surface area contributed by atoms with E-state index >= 15 is 0 Å². The Labute approximate surface area is 125 Å². The Morgan fingerprint density at radius 3 is 1.55 bits per heavy atom. The Morgan fingerprint density at radius 2 is 1.10 bits per heavy atom. The highest BCUT2D eigenvalue weighted by Gasteiger charge is 1.97. The number of unbranched alkanes of at least 4 members (excludes halogenated alkanes) is 7. The fourth-order valence-corrected chi connectivity index (χ4v) is 2.60. The van der Waals surface area contributed by atoms with Crippen molar-refractivity contribution in [2.75, 3.05) is 6.61 Å². The average molecular weight is 276 g/mol. The van der Waals surface area contributed by atoms with Gasteiger partial charge in [-0.25, -0.2) is 0 Å². The van der Waals surface area contributed by atoms with E-state index in [0.29, 0.717) is 6.61 Å². The maximum Gasteiger partial charge on any atom is 0.0431 e. The molecular formula is C19H32O. The van der Waals surface area contributed by atoms with Crippen LogP contribution in [0.4, 0.5) is 0 Å². The Hall–Kier alpha value is -0.820. The second-order valence-electron chi connectivity index (χ2n) is 5.87. The van der Waals surface area contributed by atoms with Gasteiger partial charge in [-0.15, -0.1) is 0 Å². The Morgan fingerprint density at radius 1 is 0.650 bits per heavy atom.